The Hall–Kier alpha value is -2.30. The van der Waals surface area contributed by atoms with Crippen molar-refractivity contribution in [3.63, 3.8) is 0 Å². The third-order valence-corrected chi connectivity index (χ3v) is 2.74. The molecule has 1 heterocycles. The maximum atomic E-state index is 10.6. The minimum atomic E-state index is -0.938. The predicted octanol–water partition coefficient (Wildman–Crippen LogP) is 2.59. The fourth-order valence-corrected chi connectivity index (χ4v) is 2.05. The van der Waals surface area contributed by atoms with E-state index in [-0.39, 0.29) is 6.42 Å². The van der Waals surface area contributed by atoms with Gasteiger partial charge in [-0.05, 0) is 31.0 Å². The molecule has 2 rings (SSSR count). The molecule has 0 amide bonds. The van der Waals surface area contributed by atoms with Crippen LogP contribution in [0.1, 0.15) is 16.8 Å². The second kappa shape index (κ2) is 5.14. The van der Waals surface area contributed by atoms with Gasteiger partial charge in [0.15, 0.2) is 0 Å². The van der Waals surface area contributed by atoms with Crippen LogP contribution in [0.3, 0.4) is 0 Å². The number of nitrogens with zero attached hydrogens (tertiary/aromatic N) is 1. The molecule has 0 aliphatic rings. The van der Waals surface area contributed by atoms with Crippen molar-refractivity contribution >= 4 is 5.97 Å². The number of aliphatic carboxylic acids is 1. The van der Waals surface area contributed by atoms with E-state index in [1.54, 1.807) is 7.11 Å². The number of aryl methyl sites for hydroxylation is 2. The van der Waals surface area contributed by atoms with Crippen LogP contribution in [-0.2, 0) is 11.2 Å². The molecule has 0 radical (unpaired) electrons. The molecule has 5 nitrogen and oxygen atoms in total. The monoisotopic (exact) mass is 261 g/mol. The largest absolute Gasteiger partial charge is 0.496 e. The van der Waals surface area contributed by atoms with Gasteiger partial charge < -0.3 is 14.3 Å². The maximum absolute atomic E-state index is 10.6. The van der Waals surface area contributed by atoms with Crippen LogP contribution in [0.25, 0.3) is 11.5 Å². The molecule has 1 aromatic carbocycles. The molecule has 5 heteroatoms. The van der Waals surface area contributed by atoms with Crippen molar-refractivity contribution in [2.75, 3.05) is 7.11 Å². The van der Waals surface area contributed by atoms with Crippen LogP contribution in [-0.4, -0.2) is 23.2 Å². The molecular weight excluding hydrogens is 246 g/mol. The fraction of sp³-hybridized carbons (Fsp3) is 0.286. The summed E-state index contributed by atoms with van der Waals surface area (Å²) in [5.74, 6) is 0.126. The lowest BCUT2D eigenvalue weighted by atomic mass is 10.1. The average molecular weight is 261 g/mol. The summed E-state index contributed by atoms with van der Waals surface area (Å²) in [5, 5.41) is 8.73. The number of carbonyl (C=O) groups is 1. The first kappa shape index (κ1) is 13.1. The zero-order valence-electron chi connectivity index (χ0n) is 11.1. The van der Waals surface area contributed by atoms with E-state index in [1.165, 1.54) is 6.26 Å². The predicted molar refractivity (Wildman–Crippen MR) is 69.3 cm³/mol. The first-order valence-corrected chi connectivity index (χ1v) is 5.83. The standard InChI is InChI=1S/C14H15NO4/c1-8-4-9(2)13(18-3)11(5-8)14-15-10(7-19-14)6-12(16)17/h4-5,7H,6H2,1-3H3,(H,16,17). The Kier molecular flexibility index (Phi) is 3.55. The molecule has 0 spiro atoms. The Balaban J connectivity index is 2.46. The van der Waals surface area contributed by atoms with Crippen LogP contribution < -0.4 is 4.74 Å². The number of rotatable bonds is 4. The molecule has 19 heavy (non-hydrogen) atoms. The number of ether oxygens (including phenoxy) is 1. The Bertz CT molecular complexity index is 616. The Morgan fingerprint density at radius 3 is 2.79 bits per heavy atom. The van der Waals surface area contributed by atoms with Gasteiger partial charge in [0.05, 0.1) is 24.8 Å². The first-order valence-electron chi connectivity index (χ1n) is 5.83. The number of oxazole rings is 1. The molecule has 0 bridgehead atoms. The van der Waals surface area contributed by atoms with Gasteiger partial charge in [-0.1, -0.05) is 6.07 Å². The van der Waals surface area contributed by atoms with Gasteiger partial charge in [-0.15, -0.1) is 0 Å². The topological polar surface area (TPSA) is 72.6 Å². The maximum Gasteiger partial charge on any atom is 0.309 e. The minimum Gasteiger partial charge on any atom is -0.496 e. The molecule has 0 unspecified atom stereocenters. The van der Waals surface area contributed by atoms with Crippen LogP contribution in [0, 0.1) is 13.8 Å². The SMILES string of the molecule is COc1c(C)cc(C)cc1-c1nc(CC(=O)O)co1. The van der Waals surface area contributed by atoms with E-state index in [0.29, 0.717) is 17.3 Å². The van der Waals surface area contributed by atoms with Crippen molar-refractivity contribution in [1.82, 2.24) is 4.98 Å². The zero-order valence-corrected chi connectivity index (χ0v) is 11.1. The molecule has 0 atom stereocenters. The molecular formula is C14H15NO4. The first-order chi connectivity index (χ1) is 9.01. The Morgan fingerprint density at radius 2 is 2.16 bits per heavy atom. The summed E-state index contributed by atoms with van der Waals surface area (Å²) in [6.45, 7) is 3.91. The highest BCUT2D eigenvalue weighted by molar-refractivity contribution is 5.70. The van der Waals surface area contributed by atoms with Crippen molar-refractivity contribution < 1.29 is 19.1 Å². The molecule has 100 valence electrons. The van der Waals surface area contributed by atoms with Gasteiger partial charge in [-0.25, -0.2) is 4.98 Å². The molecule has 1 aromatic heterocycles. The lowest BCUT2D eigenvalue weighted by Crippen LogP contribution is -2.00. The van der Waals surface area contributed by atoms with Gasteiger partial charge in [0.2, 0.25) is 5.89 Å². The molecule has 0 fully saturated rings. The minimum absolute atomic E-state index is 0.156. The lowest BCUT2D eigenvalue weighted by molar-refractivity contribution is -0.136. The summed E-state index contributed by atoms with van der Waals surface area (Å²) in [6.07, 6.45) is 1.21. The third kappa shape index (κ3) is 2.76. The van der Waals surface area contributed by atoms with E-state index in [1.807, 2.05) is 26.0 Å². The van der Waals surface area contributed by atoms with Crippen molar-refractivity contribution in [1.29, 1.82) is 0 Å². The smallest absolute Gasteiger partial charge is 0.309 e. The number of methoxy groups -OCH3 is 1. The quantitative estimate of drug-likeness (QED) is 0.915. The van der Waals surface area contributed by atoms with Crippen LogP contribution in [0.2, 0.25) is 0 Å². The third-order valence-electron chi connectivity index (χ3n) is 2.74. The van der Waals surface area contributed by atoms with Gasteiger partial charge in [-0.3, -0.25) is 4.79 Å². The number of carboxylic acid groups (broad SMARTS) is 1. The van der Waals surface area contributed by atoms with Gasteiger partial charge in [0.25, 0.3) is 0 Å². The highest BCUT2D eigenvalue weighted by atomic mass is 16.5. The Morgan fingerprint density at radius 1 is 1.42 bits per heavy atom. The van der Waals surface area contributed by atoms with E-state index in [2.05, 4.69) is 4.98 Å². The van der Waals surface area contributed by atoms with Crippen LogP contribution in [0.5, 0.6) is 5.75 Å². The van der Waals surface area contributed by atoms with Gasteiger partial charge in [0.1, 0.15) is 12.0 Å². The molecule has 0 saturated heterocycles. The van der Waals surface area contributed by atoms with Gasteiger partial charge in [0, 0.05) is 0 Å². The van der Waals surface area contributed by atoms with Crippen LogP contribution in [0.4, 0.5) is 0 Å². The molecule has 2 aromatic rings. The summed E-state index contributed by atoms with van der Waals surface area (Å²) in [7, 11) is 1.59. The van der Waals surface area contributed by atoms with E-state index in [9.17, 15) is 4.79 Å². The summed E-state index contributed by atoms with van der Waals surface area (Å²) < 4.78 is 10.7. The average Bonchev–Trinajstić information content (AvgIpc) is 2.75. The number of aromatic nitrogens is 1. The normalized spacial score (nSPS) is 10.5. The molecule has 1 N–H and O–H groups in total. The lowest BCUT2D eigenvalue weighted by Gasteiger charge is -2.10. The summed E-state index contributed by atoms with van der Waals surface area (Å²) >= 11 is 0. The highest BCUT2D eigenvalue weighted by Crippen LogP contribution is 2.33. The second-order valence-electron chi connectivity index (χ2n) is 4.38. The van der Waals surface area contributed by atoms with Crippen LogP contribution in [0.15, 0.2) is 22.8 Å². The van der Waals surface area contributed by atoms with Crippen molar-refractivity contribution in [2.24, 2.45) is 0 Å². The van der Waals surface area contributed by atoms with E-state index in [0.717, 1.165) is 16.7 Å². The number of carboxylic acids is 1. The van der Waals surface area contributed by atoms with E-state index in [4.69, 9.17) is 14.3 Å². The van der Waals surface area contributed by atoms with Crippen molar-refractivity contribution in [3.05, 3.63) is 35.2 Å². The summed E-state index contributed by atoms with van der Waals surface area (Å²) in [6, 6.07) is 3.91. The molecule has 0 aliphatic heterocycles. The number of hydrogen-bond acceptors (Lipinski definition) is 4. The Labute approximate surface area is 110 Å². The fourth-order valence-electron chi connectivity index (χ4n) is 2.05. The zero-order chi connectivity index (χ0) is 14.0. The molecule has 0 saturated carbocycles. The number of benzene rings is 1. The van der Waals surface area contributed by atoms with Crippen LogP contribution >= 0.6 is 0 Å². The van der Waals surface area contributed by atoms with E-state index < -0.39 is 5.97 Å². The summed E-state index contributed by atoms with van der Waals surface area (Å²) in [4.78, 5) is 14.8. The summed E-state index contributed by atoms with van der Waals surface area (Å²) in [5.41, 5.74) is 3.17. The second-order valence-corrected chi connectivity index (χ2v) is 4.38. The van der Waals surface area contributed by atoms with Gasteiger partial charge >= 0.3 is 5.97 Å². The van der Waals surface area contributed by atoms with Crippen molar-refractivity contribution in [2.45, 2.75) is 20.3 Å². The molecule has 0 aliphatic carbocycles. The van der Waals surface area contributed by atoms with E-state index >= 15 is 0 Å². The highest BCUT2D eigenvalue weighted by Gasteiger charge is 2.15. The number of hydrogen-bond donors (Lipinski definition) is 1. The van der Waals surface area contributed by atoms with Gasteiger partial charge in [-0.2, -0.15) is 0 Å². The van der Waals surface area contributed by atoms with Crippen molar-refractivity contribution in [3.8, 4) is 17.2 Å².